The Hall–Kier alpha value is -2.82. The van der Waals surface area contributed by atoms with Crippen molar-refractivity contribution in [2.24, 2.45) is 5.92 Å². The second-order valence-corrected chi connectivity index (χ2v) is 7.64. The Bertz CT molecular complexity index is 779. The average Bonchev–Trinajstić information content (AvgIpc) is 2.78. The van der Waals surface area contributed by atoms with Crippen LogP contribution in [-0.2, 0) is 11.3 Å². The van der Waals surface area contributed by atoms with Gasteiger partial charge in [-0.15, -0.1) is 0 Å². The van der Waals surface area contributed by atoms with E-state index in [1.165, 1.54) is 0 Å². The van der Waals surface area contributed by atoms with Gasteiger partial charge in [0.2, 0.25) is 5.91 Å². The lowest BCUT2D eigenvalue weighted by Crippen LogP contribution is -2.50. The maximum atomic E-state index is 12.9. The van der Waals surface area contributed by atoms with Crippen molar-refractivity contribution < 1.29 is 9.59 Å². The van der Waals surface area contributed by atoms with Gasteiger partial charge in [-0.2, -0.15) is 0 Å². The zero-order chi connectivity index (χ0) is 20.5. The minimum Gasteiger partial charge on any atom is -0.352 e. The van der Waals surface area contributed by atoms with Gasteiger partial charge >= 0.3 is 6.03 Å². The standard InChI is InChI=1S/C24H31N3O2/c1-2-3-16-25-24(29)27-18-21(14-15-22(27)20-12-8-5-9-13-20)23(28)26-17-19-10-6-4-7-11-19/h4-13,21-22H,2-3,14-18H2,1H3,(H,25,29)(H,26,28). The number of nitrogens with zero attached hydrogens (tertiary/aromatic N) is 1. The number of unbranched alkanes of at least 4 members (excludes halogenated alkanes) is 1. The van der Waals surface area contributed by atoms with Crippen LogP contribution in [0.4, 0.5) is 4.79 Å². The van der Waals surface area contributed by atoms with E-state index in [0.717, 1.165) is 36.8 Å². The van der Waals surface area contributed by atoms with Crippen molar-refractivity contribution in [1.82, 2.24) is 15.5 Å². The van der Waals surface area contributed by atoms with E-state index in [2.05, 4.69) is 29.7 Å². The van der Waals surface area contributed by atoms with Crippen LogP contribution >= 0.6 is 0 Å². The molecule has 3 rings (SSSR count). The van der Waals surface area contributed by atoms with Crippen molar-refractivity contribution in [1.29, 1.82) is 0 Å². The molecule has 0 aromatic heterocycles. The number of piperidine rings is 1. The van der Waals surface area contributed by atoms with Crippen molar-refractivity contribution in [3.8, 4) is 0 Å². The molecule has 0 bridgehead atoms. The number of nitrogens with one attached hydrogen (secondary N) is 2. The van der Waals surface area contributed by atoms with E-state index in [4.69, 9.17) is 0 Å². The molecule has 3 amide bonds. The maximum absolute atomic E-state index is 12.9. The minimum absolute atomic E-state index is 0.0102. The van der Waals surface area contributed by atoms with Gasteiger partial charge in [-0.1, -0.05) is 74.0 Å². The Morgan fingerprint density at radius 1 is 0.966 bits per heavy atom. The summed E-state index contributed by atoms with van der Waals surface area (Å²) in [6.07, 6.45) is 3.55. The second kappa shape index (κ2) is 10.6. The molecule has 29 heavy (non-hydrogen) atoms. The quantitative estimate of drug-likeness (QED) is 0.690. The van der Waals surface area contributed by atoms with E-state index >= 15 is 0 Å². The number of amides is 3. The summed E-state index contributed by atoms with van der Waals surface area (Å²) in [6.45, 7) is 3.73. The Balaban J connectivity index is 1.65. The first-order valence-corrected chi connectivity index (χ1v) is 10.6. The lowest BCUT2D eigenvalue weighted by atomic mass is 9.88. The van der Waals surface area contributed by atoms with Crippen LogP contribution in [0.5, 0.6) is 0 Å². The van der Waals surface area contributed by atoms with Crippen LogP contribution in [0.3, 0.4) is 0 Å². The SMILES string of the molecule is CCCCNC(=O)N1CC(C(=O)NCc2ccccc2)CCC1c1ccccc1. The predicted octanol–water partition coefficient (Wildman–Crippen LogP) is 4.27. The van der Waals surface area contributed by atoms with Gasteiger partial charge < -0.3 is 15.5 Å². The molecule has 2 unspecified atom stereocenters. The first-order valence-electron chi connectivity index (χ1n) is 10.6. The molecule has 1 fully saturated rings. The fourth-order valence-electron chi connectivity index (χ4n) is 3.83. The van der Waals surface area contributed by atoms with Crippen LogP contribution in [0.25, 0.3) is 0 Å². The van der Waals surface area contributed by atoms with Crippen LogP contribution in [0, 0.1) is 5.92 Å². The molecule has 0 spiro atoms. The van der Waals surface area contributed by atoms with Crippen molar-refractivity contribution >= 4 is 11.9 Å². The molecule has 0 aliphatic carbocycles. The topological polar surface area (TPSA) is 61.4 Å². The summed E-state index contributed by atoms with van der Waals surface area (Å²) in [4.78, 5) is 27.5. The molecular weight excluding hydrogens is 362 g/mol. The monoisotopic (exact) mass is 393 g/mol. The van der Waals surface area contributed by atoms with Gasteiger partial charge in [-0.25, -0.2) is 4.79 Å². The molecule has 5 nitrogen and oxygen atoms in total. The number of carbonyl (C=O) groups excluding carboxylic acids is 2. The highest BCUT2D eigenvalue weighted by Crippen LogP contribution is 2.33. The molecule has 1 heterocycles. The molecule has 2 aromatic carbocycles. The Morgan fingerprint density at radius 2 is 1.66 bits per heavy atom. The highest BCUT2D eigenvalue weighted by Gasteiger charge is 2.35. The summed E-state index contributed by atoms with van der Waals surface area (Å²) in [5.74, 6) is -0.165. The molecule has 2 N–H and O–H groups in total. The number of rotatable bonds is 7. The summed E-state index contributed by atoms with van der Waals surface area (Å²) >= 11 is 0. The number of urea groups is 1. The van der Waals surface area contributed by atoms with Gasteiger partial charge in [0.05, 0.1) is 12.0 Å². The largest absolute Gasteiger partial charge is 0.352 e. The predicted molar refractivity (Wildman–Crippen MR) is 115 cm³/mol. The lowest BCUT2D eigenvalue weighted by Gasteiger charge is -2.39. The molecule has 0 radical (unpaired) electrons. The van der Waals surface area contributed by atoms with Crippen LogP contribution in [-0.4, -0.2) is 29.9 Å². The normalized spacial score (nSPS) is 18.9. The van der Waals surface area contributed by atoms with Crippen LogP contribution in [0.2, 0.25) is 0 Å². The van der Waals surface area contributed by atoms with Gasteiger partial charge in [0.1, 0.15) is 0 Å². The van der Waals surface area contributed by atoms with Crippen LogP contribution in [0.15, 0.2) is 60.7 Å². The second-order valence-electron chi connectivity index (χ2n) is 7.64. The summed E-state index contributed by atoms with van der Waals surface area (Å²) in [5, 5.41) is 6.06. The van der Waals surface area contributed by atoms with Crippen molar-refractivity contribution in [3.05, 3.63) is 71.8 Å². The third kappa shape index (κ3) is 5.83. The number of carbonyl (C=O) groups is 2. The summed E-state index contributed by atoms with van der Waals surface area (Å²) in [7, 11) is 0. The summed E-state index contributed by atoms with van der Waals surface area (Å²) < 4.78 is 0. The molecule has 2 aromatic rings. The minimum atomic E-state index is -0.185. The summed E-state index contributed by atoms with van der Waals surface area (Å²) in [6, 6.07) is 19.9. The van der Waals surface area contributed by atoms with Crippen molar-refractivity contribution in [2.75, 3.05) is 13.1 Å². The first kappa shape index (κ1) is 20.9. The Morgan fingerprint density at radius 3 is 2.34 bits per heavy atom. The van der Waals surface area contributed by atoms with Gasteiger partial charge in [0, 0.05) is 19.6 Å². The molecule has 1 aliphatic rings. The van der Waals surface area contributed by atoms with Crippen molar-refractivity contribution in [2.45, 2.75) is 45.2 Å². The number of likely N-dealkylation sites (tertiary alicyclic amines) is 1. The van der Waals surface area contributed by atoms with E-state index in [9.17, 15) is 9.59 Å². The smallest absolute Gasteiger partial charge is 0.317 e. The lowest BCUT2D eigenvalue weighted by molar-refractivity contribution is -0.126. The number of hydrogen-bond acceptors (Lipinski definition) is 2. The molecule has 0 saturated carbocycles. The Kier molecular flexibility index (Phi) is 7.68. The molecule has 154 valence electrons. The number of hydrogen-bond donors (Lipinski definition) is 2. The van der Waals surface area contributed by atoms with Crippen LogP contribution in [0.1, 0.15) is 49.8 Å². The third-order valence-corrected chi connectivity index (χ3v) is 5.51. The van der Waals surface area contributed by atoms with Gasteiger partial charge in [0.15, 0.2) is 0 Å². The number of benzene rings is 2. The van der Waals surface area contributed by atoms with Gasteiger partial charge in [0.25, 0.3) is 0 Å². The highest BCUT2D eigenvalue weighted by atomic mass is 16.2. The first-order chi connectivity index (χ1) is 14.2. The zero-order valence-electron chi connectivity index (χ0n) is 17.1. The van der Waals surface area contributed by atoms with E-state index in [0.29, 0.717) is 19.6 Å². The zero-order valence-corrected chi connectivity index (χ0v) is 17.1. The molecule has 5 heteroatoms. The van der Waals surface area contributed by atoms with E-state index < -0.39 is 0 Å². The van der Waals surface area contributed by atoms with Crippen molar-refractivity contribution in [3.63, 3.8) is 0 Å². The molecule has 1 aliphatic heterocycles. The fraction of sp³-hybridized carbons (Fsp3) is 0.417. The molecule has 2 atom stereocenters. The molecule has 1 saturated heterocycles. The molecular formula is C24H31N3O2. The van der Waals surface area contributed by atoms with Crippen LogP contribution < -0.4 is 10.6 Å². The van der Waals surface area contributed by atoms with E-state index in [1.807, 2.05) is 53.4 Å². The summed E-state index contributed by atoms with van der Waals surface area (Å²) in [5.41, 5.74) is 2.20. The maximum Gasteiger partial charge on any atom is 0.317 e. The van der Waals surface area contributed by atoms with E-state index in [1.54, 1.807) is 0 Å². The average molecular weight is 394 g/mol. The fourth-order valence-corrected chi connectivity index (χ4v) is 3.83. The Labute approximate surface area is 173 Å². The van der Waals surface area contributed by atoms with Gasteiger partial charge in [-0.3, -0.25) is 4.79 Å². The van der Waals surface area contributed by atoms with Gasteiger partial charge in [-0.05, 0) is 30.4 Å². The third-order valence-electron chi connectivity index (χ3n) is 5.51. The highest BCUT2D eigenvalue weighted by molar-refractivity contribution is 5.81. The van der Waals surface area contributed by atoms with E-state index in [-0.39, 0.29) is 23.9 Å².